The second-order valence-electron chi connectivity index (χ2n) is 9.33. The van der Waals surface area contributed by atoms with E-state index < -0.39 is 0 Å². The molecule has 0 unspecified atom stereocenters. The summed E-state index contributed by atoms with van der Waals surface area (Å²) >= 11 is 0. The Bertz CT molecular complexity index is 899. The van der Waals surface area contributed by atoms with Crippen LogP contribution in [0.5, 0.6) is 5.75 Å². The maximum atomic E-state index is 13.0. The average Bonchev–Trinajstić information content (AvgIpc) is 2.84. The van der Waals surface area contributed by atoms with Crippen LogP contribution < -0.4 is 4.74 Å². The molecule has 1 aliphatic rings. The molecular weight excluding hydrogens is 408 g/mol. The number of hydrogen-bond donors (Lipinski definition) is 0. The van der Waals surface area contributed by atoms with Gasteiger partial charge in [-0.3, -0.25) is 9.59 Å². The van der Waals surface area contributed by atoms with Crippen LogP contribution in [0.1, 0.15) is 129 Å². The summed E-state index contributed by atoms with van der Waals surface area (Å²) in [6.45, 7) is 2.85. The molecule has 2 aromatic rings. The smallest absolute Gasteiger partial charge is 0.198 e. The van der Waals surface area contributed by atoms with Gasteiger partial charge in [0, 0.05) is 16.7 Å². The van der Waals surface area contributed by atoms with Crippen LogP contribution in [0, 0.1) is 0 Å². The van der Waals surface area contributed by atoms with Crippen LogP contribution in [0.3, 0.4) is 0 Å². The molecule has 0 saturated carbocycles. The van der Waals surface area contributed by atoms with Crippen molar-refractivity contribution < 1.29 is 14.3 Å². The van der Waals surface area contributed by atoms with Crippen LogP contribution in [0.2, 0.25) is 0 Å². The highest BCUT2D eigenvalue weighted by molar-refractivity contribution is 6.29. The highest BCUT2D eigenvalue weighted by atomic mass is 16.5. The molecule has 3 nitrogen and oxygen atoms in total. The average molecular weight is 449 g/mol. The van der Waals surface area contributed by atoms with Crippen molar-refractivity contribution in [2.24, 2.45) is 0 Å². The molecule has 1 aliphatic carbocycles. The lowest BCUT2D eigenvalue weighted by Gasteiger charge is -2.20. The number of rotatable bonds is 16. The molecule has 0 fully saturated rings. The van der Waals surface area contributed by atoms with Crippen LogP contribution in [0.4, 0.5) is 0 Å². The fourth-order valence-electron chi connectivity index (χ4n) is 4.71. The fraction of sp³-hybridized carbons (Fsp3) is 0.533. The Morgan fingerprint density at radius 2 is 1.03 bits per heavy atom. The van der Waals surface area contributed by atoms with Gasteiger partial charge >= 0.3 is 0 Å². The first-order chi connectivity index (χ1) is 16.2. The minimum Gasteiger partial charge on any atom is -0.493 e. The third kappa shape index (κ3) is 7.28. The van der Waals surface area contributed by atoms with Crippen molar-refractivity contribution in [2.75, 3.05) is 6.61 Å². The summed E-state index contributed by atoms with van der Waals surface area (Å²) in [4.78, 5) is 25.8. The second-order valence-corrected chi connectivity index (χ2v) is 9.33. The molecule has 0 atom stereocenters. The number of ether oxygens (including phenoxy) is 1. The van der Waals surface area contributed by atoms with Crippen molar-refractivity contribution in [3.63, 3.8) is 0 Å². The molecule has 0 bridgehead atoms. The van der Waals surface area contributed by atoms with Crippen molar-refractivity contribution in [3.05, 3.63) is 64.7 Å². The molecular formula is C30H40O3. The number of unbranched alkanes of at least 4 members (excludes halogenated alkanes) is 13. The minimum absolute atomic E-state index is 0.0952. The van der Waals surface area contributed by atoms with Crippen LogP contribution in [0.25, 0.3) is 0 Å². The standard InChI is InChI=1S/C30H40O3/c1-2-3-4-5-6-7-8-9-10-11-12-13-14-17-23-33-27-22-18-21-26-28(27)30(32)25-20-16-15-19-24(25)29(26)31/h15-16,18-22H,2-14,17,23H2,1H3. The SMILES string of the molecule is CCCCCCCCCCCCCCCCOc1cccc2c1C(=O)c1ccccc1C2=O. The van der Waals surface area contributed by atoms with E-state index in [1.807, 2.05) is 6.07 Å². The Hall–Kier alpha value is -2.42. The molecule has 0 aliphatic heterocycles. The number of hydrogen-bond acceptors (Lipinski definition) is 3. The van der Waals surface area contributed by atoms with Gasteiger partial charge in [-0.05, 0) is 12.5 Å². The number of fused-ring (bicyclic) bond motifs is 2. The largest absolute Gasteiger partial charge is 0.493 e. The quantitative estimate of drug-likeness (QED) is 0.207. The minimum atomic E-state index is -0.114. The molecule has 0 saturated heterocycles. The van der Waals surface area contributed by atoms with Gasteiger partial charge in [0.05, 0.1) is 12.2 Å². The van der Waals surface area contributed by atoms with E-state index in [4.69, 9.17) is 4.74 Å². The summed E-state index contributed by atoms with van der Waals surface area (Å²) < 4.78 is 5.97. The van der Waals surface area contributed by atoms with Crippen LogP contribution in [-0.4, -0.2) is 18.2 Å². The predicted molar refractivity (Wildman–Crippen MR) is 136 cm³/mol. The Morgan fingerprint density at radius 1 is 0.545 bits per heavy atom. The van der Waals surface area contributed by atoms with Crippen LogP contribution >= 0.6 is 0 Å². The van der Waals surface area contributed by atoms with Gasteiger partial charge < -0.3 is 4.74 Å². The first-order valence-electron chi connectivity index (χ1n) is 13.2. The topological polar surface area (TPSA) is 43.4 Å². The van der Waals surface area contributed by atoms with Crippen molar-refractivity contribution in [3.8, 4) is 5.75 Å². The molecule has 2 aromatic carbocycles. The van der Waals surface area contributed by atoms with E-state index in [0.29, 0.717) is 34.6 Å². The third-order valence-electron chi connectivity index (χ3n) is 6.67. The van der Waals surface area contributed by atoms with Crippen molar-refractivity contribution >= 4 is 11.6 Å². The summed E-state index contributed by atoms with van der Waals surface area (Å²) in [7, 11) is 0. The Kier molecular flexibility index (Phi) is 10.7. The van der Waals surface area contributed by atoms with Gasteiger partial charge in [-0.1, -0.05) is 127 Å². The molecule has 3 rings (SSSR count). The van der Waals surface area contributed by atoms with Crippen molar-refractivity contribution in [2.45, 2.75) is 96.8 Å². The first kappa shape index (κ1) is 25.2. The van der Waals surface area contributed by atoms with Crippen LogP contribution in [-0.2, 0) is 0 Å². The van der Waals surface area contributed by atoms with Gasteiger partial charge in [0.2, 0.25) is 0 Å². The maximum Gasteiger partial charge on any atom is 0.198 e. The number of benzene rings is 2. The molecule has 0 heterocycles. The monoisotopic (exact) mass is 448 g/mol. The Labute approximate surface area is 199 Å². The number of carbonyl (C=O) groups is 2. The van der Waals surface area contributed by atoms with E-state index in [2.05, 4.69) is 6.92 Å². The highest BCUT2D eigenvalue weighted by Gasteiger charge is 2.31. The zero-order chi connectivity index (χ0) is 23.3. The Morgan fingerprint density at radius 3 is 1.61 bits per heavy atom. The van der Waals surface area contributed by atoms with Gasteiger partial charge in [0.1, 0.15) is 5.75 Å². The van der Waals surface area contributed by atoms with Gasteiger partial charge in [-0.25, -0.2) is 0 Å². The summed E-state index contributed by atoms with van der Waals surface area (Å²) in [5, 5.41) is 0. The lowest BCUT2D eigenvalue weighted by atomic mass is 9.83. The number of ketones is 2. The molecule has 0 spiro atoms. The van der Waals surface area contributed by atoms with Crippen molar-refractivity contribution in [1.82, 2.24) is 0 Å². The lowest BCUT2D eigenvalue weighted by molar-refractivity contribution is 0.0975. The summed E-state index contributed by atoms with van der Waals surface area (Å²) in [5.74, 6) is 0.328. The lowest BCUT2D eigenvalue weighted by Crippen LogP contribution is -2.21. The maximum absolute atomic E-state index is 13.0. The van der Waals surface area contributed by atoms with Crippen molar-refractivity contribution in [1.29, 1.82) is 0 Å². The zero-order valence-electron chi connectivity index (χ0n) is 20.4. The molecule has 178 valence electrons. The van der Waals surface area contributed by atoms with Gasteiger partial charge in [-0.15, -0.1) is 0 Å². The van der Waals surface area contributed by atoms with Gasteiger partial charge in [0.25, 0.3) is 0 Å². The zero-order valence-corrected chi connectivity index (χ0v) is 20.4. The Balaban J connectivity index is 1.30. The summed E-state index contributed by atoms with van der Waals surface area (Å²) in [6, 6.07) is 12.4. The fourth-order valence-corrected chi connectivity index (χ4v) is 4.71. The second kappa shape index (κ2) is 14.0. The van der Waals surface area contributed by atoms with E-state index in [0.717, 1.165) is 12.8 Å². The number of carbonyl (C=O) groups excluding carboxylic acids is 2. The van der Waals surface area contributed by atoms with E-state index >= 15 is 0 Å². The first-order valence-corrected chi connectivity index (χ1v) is 13.2. The molecule has 0 amide bonds. The van der Waals surface area contributed by atoms with E-state index in [-0.39, 0.29) is 11.6 Å². The normalized spacial score (nSPS) is 12.5. The van der Waals surface area contributed by atoms with Gasteiger partial charge in [-0.2, -0.15) is 0 Å². The molecule has 0 radical (unpaired) electrons. The van der Waals surface area contributed by atoms with Gasteiger partial charge in [0.15, 0.2) is 11.6 Å². The van der Waals surface area contributed by atoms with Crippen LogP contribution in [0.15, 0.2) is 42.5 Å². The highest BCUT2D eigenvalue weighted by Crippen LogP contribution is 2.33. The predicted octanol–water partition coefficient (Wildman–Crippen LogP) is 8.32. The summed E-state index contributed by atoms with van der Waals surface area (Å²) in [6.07, 6.45) is 18.5. The summed E-state index contributed by atoms with van der Waals surface area (Å²) in [5.41, 5.74) is 1.84. The van der Waals surface area contributed by atoms with E-state index in [9.17, 15) is 9.59 Å². The third-order valence-corrected chi connectivity index (χ3v) is 6.67. The molecule has 3 heteroatoms. The molecule has 0 aromatic heterocycles. The molecule has 0 N–H and O–H groups in total. The molecule has 33 heavy (non-hydrogen) atoms. The van der Waals surface area contributed by atoms with E-state index in [1.54, 1.807) is 36.4 Å². The van der Waals surface area contributed by atoms with E-state index in [1.165, 1.54) is 77.0 Å².